The number of nitrogens with zero attached hydrogens (tertiary/aromatic N) is 2. The van der Waals surface area contributed by atoms with Crippen molar-refractivity contribution in [1.29, 1.82) is 0 Å². The first-order chi connectivity index (χ1) is 9.73. The summed E-state index contributed by atoms with van der Waals surface area (Å²) >= 11 is 0. The van der Waals surface area contributed by atoms with Crippen LogP contribution in [0.5, 0.6) is 0 Å². The van der Waals surface area contributed by atoms with E-state index in [1.807, 2.05) is 0 Å². The summed E-state index contributed by atoms with van der Waals surface area (Å²) in [6.07, 6.45) is -0.183. The Hall–Kier alpha value is -2.12. The molecule has 2 N–H and O–H groups in total. The van der Waals surface area contributed by atoms with Gasteiger partial charge >= 0.3 is 12.0 Å². The third kappa shape index (κ3) is 2.57. The second-order valence-corrected chi connectivity index (χ2v) is 5.60. The number of halogens is 1. The minimum atomic E-state index is -1.81. The standard InChI is InChI=1S/C13H18FN3O4/c1-6(2)9(14)12(19)21-17-8-4-7(3)10(11(15)18)16(5-8)13(17)20/h4,6,8-10H,5H2,1-3H3,(H2,15,18)/t8-,9-,10+/m1/s1. The highest BCUT2D eigenvalue weighted by Gasteiger charge is 2.48. The number of nitrogens with two attached hydrogens (primary N) is 1. The van der Waals surface area contributed by atoms with Gasteiger partial charge in [-0.3, -0.25) is 4.79 Å². The highest BCUT2D eigenvalue weighted by Crippen LogP contribution is 2.29. The van der Waals surface area contributed by atoms with Gasteiger partial charge in [0, 0.05) is 0 Å². The molecular formula is C13H18FN3O4. The van der Waals surface area contributed by atoms with Gasteiger partial charge in [0.1, 0.15) is 12.1 Å². The van der Waals surface area contributed by atoms with Gasteiger partial charge in [0.05, 0.1) is 6.54 Å². The highest BCUT2D eigenvalue weighted by molar-refractivity contribution is 5.91. The molecule has 116 valence electrons. The monoisotopic (exact) mass is 299 g/mol. The van der Waals surface area contributed by atoms with Crippen molar-refractivity contribution in [3.05, 3.63) is 11.6 Å². The quantitative estimate of drug-likeness (QED) is 0.758. The molecule has 0 unspecified atom stereocenters. The van der Waals surface area contributed by atoms with E-state index in [1.165, 1.54) is 18.7 Å². The second-order valence-electron chi connectivity index (χ2n) is 5.60. The Bertz CT molecular complexity index is 520. The zero-order valence-electron chi connectivity index (χ0n) is 12.1. The maximum atomic E-state index is 13.6. The molecule has 0 aromatic carbocycles. The molecule has 2 bridgehead atoms. The van der Waals surface area contributed by atoms with Crippen LogP contribution in [-0.4, -0.2) is 52.7 Å². The van der Waals surface area contributed by atoms with Gasteiger partial charge in [0.15, 0.2) is 0 Å². The number of urea groups is 1. The summed E-state index contributed by atoms with van der Waals surface area (Å²) in [7, 11) is 0. The van der Waals surface area contributed by atoms with E-state index in [9.17, 15) is 18.8 Å². The molecule has 2 rings (SSSR count). The van der Waals surface area contributed by atoms with Gasteiger partial charge < -0.3 is 15.5 Å². The van der Waals surface area contributed by atoms with Crippen LogP contribution in [0.15, 0.2) is 11.6 Å². The number of carbonyl (C=O) groups is 3. The Labute approximate surface area is 121 Å². The molecule has 0 aromatic rings. The number of primary amides is 1. The summed E-state index contributed by atoms with van der Waals surface area (Å²) in [4.78, 5) is 41.4. The van der Waals surface area contributed by atoms with Crippen LogP contribution < -0.4 is 5.73 Å². The van der Waals surface area contributed by atoms with Crippen molar-refractivity contribution in [3.63, 3.8) is 0 Å². The molecule has 3 atom stereocenters. The Morgan fingerprint density at radius 2 is 2.10 bits per heavy atom. The van der Waals surface area contributed by atoms with E-state index in [1.54, 1.807) is 13.0 Å². The van der Waals surface area contributed by atoms with Crippen LogP contribution in [0.25, 0.3) is 0 Å². The van der Waals surface area contributed by atoms with E-state index < -0.39 is 42.1 Å². The summed E-state index contributed by atoms with van der Waals surface area (Å²) in [5.74, 6) is -2.33. The molecule has 2 aliphatic rings. The van der Waals surface area contributed by atoms with E-state index in [0.29, 0.717) is 5.57 Å². The summed E-state index contributed by atoms with van der Waals surface area (Å²) < 4.78 is 13.6. The minimum absolute atomic E-state index is 0.176. The van der Waals surface area contributed by atoms with Crippen molar-refractivity contribution in [2.24, 2.45) is 11.7 Å². The average Bonchev–Trinajstić information content (AvgIpc) is 2.62. The molecule has 0 aliphatic carbocycles. The first-order valence-electron chi connectivity index (χ1n) is 6.67. The lowest BCUT2D eigenvalue weighted by Gasteiger charge is -2.27. The van der Waals surface area contributed by atoms with Crippen molar-refractivity contribution < 1.29 is 23.6 Å². The molecule has 1 saturated heterocycles. The molecule has 0 radical (unpaired) electrons. The fraction of sp³-hybridized carbons (Fsp3) is 0.615. The zero-order valence-corrected chi connectivity index (χ0v) is 12.1. The van der Waals surface area contributed by atoms with Crippen LogP contribution in [-0.2, 0) is 14.4 Å². The minimum Gasteiger partial charge on any atom is -0.368 e. The van der Waals surface area contributed by atoms with Gasteiger partial charge in [-0.25, -0.2) is 14.0 Å². The van der Waals surface area contributed by atoms with E-state index in [4.69, 9.17) is 10.6 Å². The highest BCUT2D eigenvalue weighted by atomic mass is 19.1. The molecular weight excluding hydrogens is 281 g/mol. The first kappa shape index (κ1) is 15.3. The normalized spacial score (nSPS) is 26.0. The maximum Gasteiger partial charge on any atom is 0.366 e. The number of alkyl halides is 1. The van der Waals surface area contributed by atoms with Crippen molar-refractivity contribution in [2.45, 2.75) is 39.0 Å². The van der Waals surface area contributed by atoms with Crippen molar-refractivity contribution in [2.75, 3.05) is 6.54 Å². The fourth-order valence-corrected chi connectivity index (χ4v) is 2.50. The first-order valence-corrected chi connectivity index (χ1v) is 6.67. The molecule has 8 heteroatoms. The van der Waals surface area contributed by atoms with Gasteiger partial charge in [-0.2, -0.15) is 0 Å². The zero-order chi connectivity index (χ0) is 15.9. The molecule has 2 aliphatic heterocycles. The van der Waals surface area contributed by atoms with Gasteiger partial charge in [-0.15, -0.1) is 5.06 Å². The van der Waals surface area contributed by atoms with E-state index in [2.05, 4.69) is 0 Å². The number of carbonyl (C=O) groups excluding carboxylic acids is 3. The summed E-state index contributed by atoms with van der Waals surface area (Å²) in [5, 5.41) is 0.809. The van der Waals surface area contributed by atoms with Crippen LogP contribution in [0.4, 0.5) is 9.18 Å². The maximum absolute atomic E-state index is 13.6. The van der Waals surface area contributed by atoms with Crippen molar-refractivity contribution >= 4 is 17.9 Å². The van der Waals surface area contributed by atoms with Crippen LogP contribution in [0.2, 0.25) is 0 Å². The summed E-state index contributed by atoms with van der Waals surface area (Å²) in [6, 6.07) is -2.05. The van der Waals surface area contributed by atoms with Gasteiger partial charge in [-0.05, 0) is 18.4 Å². The SMILES string of the molecule is CC1=C[C@@H]2CN(C(=O)N2OC(=O)[C@H](F)C(C)C)[C@@H]1C(N)=O. The number of rotatable bonds is 4. The van der Waals surface area contributed by atoms with Crippen molar-refractivity contribution in [3.8, 4) is 0 Å². The predicted molar refractivity (Wildman–Crippen MR) is 70.3 cm³/mol. The lowest BCUT2D eigenvalue weighted by Crippen LogP contribution is -2.48. The second kappa shape index (κ2) is 5.34. The fourth-order valence-electron chi connectivity index (χ4n) is 2.50. The third-order valence-electron chi connectivity index (χ3n) is 3.59. The van der Waals surface area contributed by atoms with Gasteiger partial charge in [0.25, 0.3) is 0 Å². The molecule has 2 heterocycles. The summed E-state index contributed by atoms with van der Waals surface area (Å²) in [5.41, 5.74) is 5.88. The number of hydroxylamine groups is 2. The van der Waals surface area contributed by atoms with E-state index in [0.717, 1.165) is 5.06 Å². The Kier molecular flexibility index (Phi) is 3.89. The smallest absolute Gasteiger partial charge is 0.366 e. The number of hydrogen-bond acceptors (Lipinski definition) is 4. The Morgan fingerprint density at radius 3 is 2.62 bits per heavy atom. The largest absolute Gasteiger partial charge is 0.368 e. The van der Waals surface area contributed by atoms with Crippen LogP contribution in [0.1, 0.15) is 20.8 Å². The number of hydrogen-bond donors (Lipinski definition) is 1. The molecule has 7 nitrogen and oxygen atoms in total. The van der Waals surface area contributed by atoms with E-state index in [-0.39, 0.29) is 6.54 Å². The Balaban J connectivity index is 2.17. The van der Waals surface area contributed by atoms with Crippen LogP contribution in [0.3, 0.4) is 0 Å². The van der Waals surface area contributed by atoms with Crippen molar-refractivity contribution in [1.82, 2.24) is 9.96 Å². The van der Waals surface area contributed by atoms with Gasteiger partial charge in [0.2, 0.25) is 12.1 Å². The lowest BCUT2D eigenvalue weighted by atomic mass is 10.0. The molecule has 0 aromatic heterocycles. The van der Waals surface area contributed by atoms with Crippen LogP contribution in [0, 0.1) is 5.92 Å². The molecule has 21 heavy (non-hydrogen) atoms. The average molecular weight is 299 g/mol. The molecule has 3 amide bonds. The lowest BCUT2D eigenvalue weighted by molar-refractivity contribution is -0.185. The van der Waals surface area contributed by atoms with E-state index >= 15 is 0 Å². The third-order valence-corrected chi connectivity index (χ3v) is 3.59. The van der Waals surface area contributed by atoms with Crippen LogP contribution >= 0.6 is 0 Å². The Morgan fingerprint density at radius 1 is 1.48 bits per heavy atom. The number of amides is 3. The number of fused-ring (bicyclic) bond motifs is 2. The van der Waals surface area contributed by atoms with Gasteiger partial charge in [-0.1, -0.05) is 19.9 Å². The predicted octanol–water partition coefficient (Wildman–Crippen LogP) is 0.359. The summed E-state index contributed by atoms with van der Waals surface area (Å²) in [6.45, 7) is 4.91. The molecule has 1 fully saturated rings. The molecule has 0 spiro atoms. The molecule has 0 saturated carbocycles. The topological polar surface area (TPSA) is 92.9 Å².